The lowest BCUT2D eigenvalue weighted by Gasteiger charge is -1.98. The van der Waals surface area contributed by atoms with E-state index in [1.807, 2.05) is 0 Å². The number of ether oxygens (including phenoxy) is 2. The maximum atomic E-state index is 10.6. The Bertz CT molecular complexity index is 194. The molecule has 0 radical (unpaired) electrons. The summed E-state index contributed by atoms with van der Waals surface area (Å²) >= 11 is 0. The van der Waals surface area contributed by atoms with Gasteiger partial charge in [-0.25, -0.2) is 9.79 Å². The quantitative estimate of drug-likeness (QED) is 0.320. The zero-order valence-electron chi connectivity index (χ0n) is 6.27. The topological polar surface area (TPSA) is 71.7 Å². The molecule has 11 heavy (non-hydrogen) atoms. The van der Waals surface area contributed by atoms with Gasteiger partial charge in [-0.3, -0.25) is 0 Å². The Hall–Kier alpha value is -1.57. The highest BCUT2D eigenvalue weighted by Crippen LogP contribution is 1.90. The van der Waals surface area contributed by atoms with Gasteiger partial charge < -0.3 is 9.47 Å². The molecule has 60 valence electrons. The predicted octanol–water partition coefficient (Wildman–Crippen LogP) is -0.274. The summed E-state index contributed by atoms with van der Waals surface area (Å²) in [6, 6.07) is 0.510. The van der Waals surface area contributed by atoms with Crippen LogP contribution < -0.4 is 0 Å². The number of esters is 1. The van der Waals surface area contributed by atoms with Crippen molar-refractivity contribution in [2.75, 3.05) is 14.2 Å². The van der Waals surface area contributed by atoms with E-state index in [1.165, 1.54) is 14.2 Å². The lowest BCUT2D eigenvalue weighted by Crippen LogP contribution is -2.18. The van der Waals surface area contributed by atoms with Gasteiger partial charge in [0.05, 0.1) is 14.2 Å². The molecule has 0 saturated carbocycles. The van der Waals surface area contributed by atoms with Crippen LogP contribution in [0, 0.1) is 11.3 Å². The standard InChI is InChI=1S/C6H8N2O3/c1-10-4-8-5(3-7)6(9)11-2/h4-5H,1-2H3. The average Bonchev–Trinajstić information content (AvgIpc) is 2.05. The monoisotopic (exact) mass is 156 g/mol. The Balaban J connectivity index is 4.09. The molecule has 0 saturated heterocycles. The summed E-state index contributed by atoms with van der Waals surface area (Å²) in [7, 11) is 2.56. The summed E-state index contributed by atoms with van der Waals surface area (Å²) in [6.07, 6.45) is 1.02. The first-order chi connectivity index (χ1) is 5.26. The van der Waals surface area contributed by atoms with Gasteiger partial charge in [0, 0.05) is 0 Å². The van der Waals surface area contributed by atoms with Gasteiger partial charge in [0.15, 0.2) is 6.40 Å². The molecule has 0 aromatic rings. The molecular weight excluding hydrogens is 148 g/mol. The summed E-state index contributed by atoms with van der Waals surface area (Å²) in [5.74, 6) is -0.694. The number of carbonyl (C=O) groups is 1. The van der Waals surface area contributed by atoms with Crippen LogP contribution in [0.5, 0.6) is 0 Å². The van der Waals surface area contributed by atoms with E-state index in [-0.39, 0.29) is 0 Å². The van der Waals surface area contributed by atoms with E-state index in [0.717, 1.165) is 6.40 Å². The predicted molar refractivity (Wildman–Crippen MR) is 36.9 cm³/mol. The molecule has 0 amide bonds. The summed E-state index contributed by atoms with van der Waals surface area (Å²) in [4.78, 5) is 14.1. The van der Waals surface area contributed by atoms with Crippen molar-refractivity contribution in [1.82, 2.24) is 0 Å². The summed E-state index contributed by atoms with van der Waals surface area (Å²) in [6.45, 7) is 0. The van der Waals surface area contributed by atoms with E-state index in [1.54, 1.807) is 6.07 Å². The zero-order chi connectivity index (χ0) is 8.69. The van der Waals surface area contributed by atoms with Gasteiger partial charge in [0.1, 0.15) is 6.07 Å². The van der Waals surface area contributed by atoms with Crippen molar-refractivity contribution in [2.45, 2.75) is 6.04 Å². The van der Waals surface area contributed by atoms with Crippen molar-refractivity contribution in [3.8, 4) is 6.07 Å². The number of nitrogens with zero attached hydrogens (tertiary/aromatic N) is 2. The van der Waals surface area contributed by atoms with E-state index in [0.29, 0.717) is 0 Å². The van der Waals surface area contributed by atoms with Gasteiger partial charge >= 0.3 is 5.97 Å². The molecule has 0 rings (SSSR count). The van der Waals surface area contributed by atoms with Crippen LogP contribution in [0.4, 0.5) is 0 Å². The Labute approximate surface area is 64.2 Å². The number of hydrogen-bond donors (Lipinski definition) is 0. The van der Waals surface area contributed by atoms with Crippen molar-refractivity contribution in [3.05, 3.63) is 0 Å². The minimum absolute atomic E-state index is 0.694. The molecule has 0 aromatic carbocycles. The molecule has 0 aromatic heterocycles. The third-order valence-electron chi connectivity index (χ3n) is 0.862. The van der Waals surface area contributed by atoms with Crippen molar-refractivity contribution < 1.29 is 14.3 Å². The number of methoxy groups -OCH3 is 2. The smallest absolute Gasteiger partial charge is 0.345 e. The number of hydrogen-bond acceptors (Lipinski definition) is 5. The minimum Gasteiger partial charge on any atom is -0.487 e. The molecule has 5 nitrogen and oxygen atoms in total. The Morgan fingerprint density at radius 2 is 2.36 bits per heavy atom. The van der Waals surface area contributed by atoms with Gasteiger partial charge in [-0.1, -0.05) is 0 Å². The molecule has 0 spiro atoms. The highest BCUT2D eigenvalue weighted by molar-refractivity contribution is 5.80. The molecule has 1 unspecified atom stereocenters. The molecule has 5 heteroatoms. The Kier molecular flexibility index (Phi) is 4.49. The second-order valence-corrected chi connectivity index (χ2v) is 1.54. The van der Waals surface area contributed by atoms with Crippen LogP contribution in [-0.4, -0.2) is 32.6 Å². The minimum atomic E-state index is -1.13. The van der Waals surface area contributed by atoms with Crippen LogP contribution in [-0.2, 0) is 14.3 Å². The molecule has 0 aliphatic rings. The maximum absolute atomic E-state index is 10.6. The third kappa shape index (κ3) is 3.20. The molecule has 0 fully saturated rings. The van der Waals surface area contributed by atoms with Gasteiger partial charge in [-0.2, -0.15) is 5.26 Å². The fourth-order valence-electron chi connectivity index (χ4n) is 0.380. The molecule has 0 bridgehead atoms. The first kappa shape index (κ1) is 9.43. The average molecular weight is 156 g/mol. The molecule has 1 atom stereocenters. The van der Waals surface area contributed by atoms with Gasteiger partial charge in [0.2, 0.25) is 6.04 Å². The van der Waals surface area contributed by atoms with Crippen molar-refractivity contribution in [2.24, 2.45) is 4.99 Å². The maximum Gasteiger partial charge on any atom is 0.345 e. The van der Waals surface area contributed by atoms with Crippen LogP contribution in [0.1, 0.15) is 0 Å². The Morgan fingerprint density at radius 1 is 1.73 bits per heavy atom. The van der Waals surface area contributed by atoms with Crippen molar-refractivity contribution in [3.63, 3.8) is 0 Å². The summed E-state index contributed by atoms with van der Waals surface area (Å²) < 4.78 is 8.69. The van der Waals surface area contributed by atoms with E-state index in [4.69, 9.17) is 5.26 Å². The molecule has 0 aliphatic heterocycles. The van der Waals surface area contributed by atoms with Crippen molar-refractivity contribution in [1.29, 1.82) is 5.26 Å². The second kappa shape index (κ2) is 5.23. The van der Waals surface area contributed by atoms with Crippen LogP contribution in [0.3, 0.4) is 0 Å². The van der Waals surface area contributed by atoms with E-state index >= 15 is 0 Å². The summed E-state index contributed by atoms with van der Waals surface area (Å²) in [5, 5.41) is 8.33. The van der Waals surface area contributed by atoms with Gasteiger partial charge in [-0.15, -0.1) is 0 Å². The molecule has 0 aliphatic carbocycles. The second-order valence-electron chi connectivity index (χ2n) is 1.54. The zero-order valence-corrected chi connectivity index (χ0v) is 6.27. The third-order valence-corrected chi connectivity index (χ3v) is 0.862. The van der Waals surface area contributed by atoms with Crippen LogP contribution in [0.25, 0.3) is 0 Å². The van der Waals surface area contributed by atoms with E-state index in [2.05, 4.69) is 14.5 Å². The van der Waals surface area contributed by atoms with Crippen LogP contribution >= 0.6 is 0 Å². The molecule has 0 N–H and O–H groups in total. The molecular formula is C6H8N2O3. The SMILES string of the molecule is COC=NC(C#N)C(=O)OC. The fraction of sp³-hybridized carbons (Fsp3) is 0.500. The number of carbonyl (C=O) groups excluding carboxylic acids is 1. The number of rotatable bonds is 3. The highest BCUT2D eigenvalue weighted by Gasteiger charge is 2.15. The first-order valence-electron chi connectivity index (χ1n) is 2.78. The highest BCUT2D eigenvalue weighted by atomic mass is 16.5. The van der Waals surface area contributed by atoms with Crippen molar-refractivity contribution >= 4 is 12.4 Å². The van der Waals surface area contributed by atoms with Gasteiger partial charge in [0.25, 0.3) is 0 Å². The fourth-order valence-corrected chi connectivity index (χ4v) is 0.380. The number of nitriles is 1. The van der Waals surface area contributed by atoms with Gasteiger partial charge in [-0.05, 0) is 0 Å². The normalized spacial score (nSPS) is 12.1. The largest absolute Gasteiger partial charge is 0.487 e. The number of aliphatic imine (C=N–C) groups is 1. The Morgan fingerprint density at radius 3 is 2.73 bits per heavy atom. The first-order valence-corrected chi connectivity index (χ1v) is 2.78. The lowest BCUT2D eigenvalue weighted by molar-refractivity contribution is -0.140. The van der Waals surface area contributed by atoms with E-state index < -0.39 is 12.0 Å². The molecule has 0 heterocycles. The lowest BCUT2D eigenvalue weighted by atomic mass is 10.3. The van der Waals surface area contributed by atoms with Crippen LogP contribution in [0.2, 0.25) is 0 Å². The summed E-state index contributed by atoms with van der Waals surface area (Å²) in [5.41, 5.74) is 0. The van der Waals surface area contributed by atoms with Crippen LogP contribution in [0.15, 0.2) is 4.99 Å². The van der Waals surface area contributed by atoms with E-state index in [9.17, 15) is 4.79 Å².